The number of carbonyl (C=O) groups excluding carboxylic acids is 1. The van der Waals surface area contributed by atoms with Crippen LogP contribution in [0.4, 0.5) is 0 Å². The van der Waals surface area contributed by atoms with Gasteiger partial charge in [-0.15, -0.1) is 0 Å². The van der Waals surface area contributed by atoms with E-state index in [4.69, 9.17) is 4.74 Å². The Morgan fingerprint density at radius 2 is 1.76 bits per heavy atom. The molecule has 4 heteroatoms. The van der Waals surface area contributed by atoms with Crippen molar-refractivity contribution in [3.8, 4) is 0 Å². The number of ether oxygens (including phenoxy) is 1. The third kappa shape index (κ3) is 10.3. The number of amides is 1. The lowest BCUT2D eigenvalue weighted by Crippen LogP contribution is -2.37. The van der Waals surface area contributed by atoms with Gasteiger partial charge in [-0.1, -0.05) is 27.7 Å². The standard InChI is InChI=1S/C13H28N2O2/c1-10(2)6-7-15-13(16)12(5)17-9-8-14-11(3)4/h10-12,14H,6-9H2,1-5H3,(H,15,16). The van der Waals surface area contributed by atoms with Crippen LogP contribution in [0.1, 0.15) is 41.0 Å². The third-order valence-corrected chi connectivity index (χ3v) is 2.41. The van der Waals surface area contributed by atoms with Crippen molar-refractivity contribution < 1.29 is 9.53 Å². The van der Waals surface area contributed by atoms with Crippen LogP contribution in [0, 0.1) is 5.92 Å². The van der Waals surface area contributed by atoms with E-state index in [0.29, 0.717) is 18.6 Å². The van der Waals surface area contributed by atoms with Crippen LogP contribution in [-0.2, 0) is 9.53 Å². The summed E-state index contributed by atoms with van der Waals surface area (Å²) in [5.41, 5.74) is 0. The molecule has 0 bridgehead atoms. The molecule has 1 unspecified atom stereocenters. The van der Waals surface area contributed by atoms with Gasteiger partial charge in [-0.05, 0) is 19.3 Å². The van der Waals surface area contributed by atoms with Crippen LogP contribution in [0.2, 0.25) is 0 Å². The van der Waals surface area contributed by atoms with E-state index in [-0.39, 0.29) is 12.0 Å². The first-order valence-electron chi connectivity index (χ1n) is 6.56. The molecule has 1 atom stereocenters. The monoisotopic (exact) mass is 244 g/mol. The smallest absolute Gasteiger partial charge is 0.248 e. The highest BCUT2D eigenvalue weighted by molar-refractivity contribution is 5.80. The molecule has 0 aromatic carbocycles. The Morgan fingerprint density at radius 1 is 1.12 bits per heavy atom. The molecule has 4 nitrogen and oxygen atoms in total. The average molecular weight is 244 g/mol. The molecule has 0 saturated carbocycles. The van der Waals surface area contributed by atoms with Crippen LogP contribution in [-0.4, -0.2) is 37.7 Å². The normalized spacial score (nSPS) is 13.1. The molecule has 17 heavy (non-hydrogen) atoms. The molecule has 0 fully saturated rings. The highest BCUT2D eigenvalue weighted by atomic mass is 16.5. The maximum absolute atomic E-state index is 11.6. The van der Waals surface area contributed by atoms with E-state index < -0.39 is 0 Å². The number of rotatable bonds is 9. The molecule has 0 spiro atoms. The van der Waals surface area contributed by atoms with Crippen molar-refractivity contribution in [3.63, 3.8) is 0 Å². The largest absolute Gasteiger partial charge is 0.367 e. The van der Waals surface area contributed by atoms with Gasteiger partial charge in [0.05, 0.1) is 6.61 Å². The number of hydrogen-bond acceptors (Lipinski definition) is 3. The minimum Gasteiger partial charge on any atom is -0.367 e. The summed E-state index contributed by atoms with van der Waals surface area (Å²) in [7, 11) is 0. The van der Waals surface area contributed by atoms with Gasteiger partial charge in [0.2, 0.25) is 5.91 Å². The van der Waals surface area contributed by atoms with Crippen molar-refractivity contribution >= 4 is 5.91 Å². The summed E-state index contributed by atoms with van der Waals surface area (Å²) in [5.74, 6) is 0.594. The SMILES string of the molecule is CC(C)CCNC(=O)C(C)OCCNC(C)C. The van der Waals surface area contributed by atoms with Crippen molar-refractivity contribution in [2.24, 2.45) is 5.92 Å². The summed E-state index contributed by atoms with van der Waals surface area (Å²) >= 11 is 0. The molecule has 0 saturated heterocycles. The molecular formula is C13H28N2O2. The summed E-state index contributed by atoms with van der Waals surface area (Å²) in [6.45, 7) is 12.3. The first kappa shape index (κ1) is 16.4. The van der Waals surface area contributed by atoms with Crippen LogP contribution in [0.5, 0.6) is 0 Å². The highest BCUT2D eigenvalue weighted by Gasteiger charge is 2.12. The van der Waals surface area contributed by atoms with Crippen LogP contribution in [0.15, 0.2) is 0 Å². The highest BCUT2D eigenvalue weighted by Crippen LogP contribution is 1.97. The fraction of sp³-hybridized carbons (Fsp3) is 0.923. The summed E-state index contributed by atoms with van der Waals surface area (Å²) in [4.78, 5) is 11.6. The molecule has 0 aromatic heterocycles. The molecule has 0 rings (SSSR count). The summed E-state index contributed by atoms with van der Waals surface area (Å²) in [6, 6.07) is 0.453. The maximum atomic E-state index is 11.6. The Balaban J connectivity index is 3.53. The van der Waals surface area contributed by atoms with Crippen molar-refractivity contribution in [2.75, 3.05) is 19.7 Å². The van der Waals surface area contributed by atoms with Gasteiger partial charge in [-0.3, -0.25) is 4.79 Å². The fourth-order valence-electron chi connectivity index (χ4n) is 1.29. The quantitative estimate of drug-likeness (QED) is 0.605. The van der Waals surface area contributed by atoms with Gasteiger partial charge in [0.1, 0.15) is 6.10 Å². The van der Waals surface area contributed by atoms with Gasteiger partial charge in [-0.2, -0.15) is 0 Å². The van der Waals surface area contributed by atoms with Crippen LogP contribution >= 0.6 is 0 Å². The molecule has 102 valence electrons. The molecular weight excluding hydrogens is 216 g/mol. The van der Waals surface area contributed by atoms with E-state index >= 15 is 0 Å². The Bertz CT molecular complexity index is 206. The van der Waals surface area contributed by atoms with E-state index in [1.165, 1.54) is 0 Å². The molecule has 0 heterocycles. The molecule has 0 aliphatic carbocycles. The number of carbonyl (C=O) groups is 1. The first-order valence-corrected chi connectivity index (χ1v) is 6.56. The molecule has 2 N–H and O–H groups in total. The van der Waals surface area contributed by atoms with Gasteiger partial charge >= 0.3 is 0 Å². The second kappa shape index (κ2) is 9.42. The van der Waals surface area contributed by atoms with Crippen molar-refractivity contribution in [2.45, 2.75) is 53.2 Å². The summed E-state index contributed by atoms with van der Waals surface area (Å²) in [6.07, 6.45) is 0.643. The van der Waals surface area contributed by atoms with Gasteiger partial charge < -0.3 is 15.4 Å². The molecule has 0 aliphatic heterocycles. The Labute approximate surface area is 105 Å². The number of hydrogen-bond donors (Lipinski definition) is 2. The lowest BCUT2D eigenvalue weighted by Gasteiger charge is -2.15. The van der Waals surface area contributed by atoms with E-state index in [1.54, 1.807) is 6.92 Å². The van der Waals surface area contributed by atoms with E-state index in [1.807, 2.05) is 0 Å². The zero-order valence-electron chi connectivity index (χ0n) is 11.9. The van der Waals surface area contributed by atoms with E-state index in [2.05, 4.69) is 38.3 Å². The molecule has 0 aromatic rings. The predicted octanol–water partition coefficient (Wildman–Crippen LogP) is 1.55. The van der Waals surface area contributed by atoms with Crippen LogP contribution in [0.3, 0.4) is 0 Å². The van der Waals surface area contributed by atoms with E-state index in [9.17, 15) is 4.79 Å². The van der Waals surface area contributed by atoms with Crippen LogP contribution < -0.4 is 10.6 Å². The summed E-state index contributed by atoms with van der Waals surface area (Å²) in [5, 5.41) is 6.12. The molecule has 1 amide bonds. The maximum Gasteiger partial charge on any atom is 0.248 e. The van der Waals surface area contributed by atoms with Crippen molar-refractivity contribution in [1.82, 2.24) is 10.6 Å². The molecule has 0 aliphatic rings. The topological polar surface area (TPSA) is 50.4 Å². The first-order chi connectivity index (χ1) is 7.93. The van der Waals surface area contributed by atoms with Gasteiger partial charge in [0, 0.05) is 19.1 Å². The predicted molar refractivity (Wildman–Crippen MR) is 71.0 cm³/mol. The van der Waals surface area contributed by atoms with Crippen molar-refractivity contribution in [1.29, 1.82) is 0 Å². The van der Waals surface area contributed by atoms with E-state index in [0.717, 1.165) is 19.5 Å². The van der Waals surface area contributed by atoms with Gasteiger partial charge in [0.25, 0.3) is 0 Å². The zero-order valence-corrected chi connectivity index (χ0v) is 11.9. The van der Waals surface area contributed by atoms with Gasteiger partial charge in [-0.25, -0.2) is 0 Å². The Hall–Kier alpha value is -0.610. The third-order valence-electron chi connectivity index (χ3n) is 2.41. The fourth-order valence-corrected chi connectivity index (χ4v) is 1.29. The zero-order chi connectivity index (χ0) is 13.3. The minimum absolute atomic E-state index is 0.0183. The molecule has 0 radical (unpaired) electrons. The average Bonchev–Trinajstić information content (AvgIpc) is 2.23. The lowest BCUT2D eigenvalue weighted by atomic mass is 10.1. The Kier molecular flexibility index (Phi) is 9.09. The van der Waals surface area contributed by atoms with Crippen molar-refractivity contribution in [3.05, 3.63) is 0 Å². The second-order valence-corrected chi connectivity index (χ2v) is 5.10. The number of nitrogens with one attached hydrogen (secondary N) is 2. The van der Waals surface area contributed by atoms with Gasteiger partial charge in [0.15, 0.2) is 0 Å². The lowest BCUT2D eigenvalue weighted by molar-refractivity contribution is -0.131. The van der Waals surface area contributed by atoms with Crippen LogP contribution in [0.25, 0.3) is 0 Å². The Morgan fingerprint density at radius 3 is 2.29 bits per heavy atom. The minimum atomic E-state index is -0.365. The second-order valence-electron chi connectivity index (χ2n) is 5.10. The summed E-state index contributed by atoms with van der Waals surface area (Å²) < 4.78 is 5.44.